The first-order chi connectivity index (χ1) is 13.4. The fraction of sp³-hybridized carbons (Fsp3) is 0.696. The first-order valence-electron chi connectivity index (χ1n) is 10.9. The van der Waals surface area contributed by atoms with E-state index in [0.717, 1.165) is 30.7 Å². The number of benzene rings is 1. The van der Waals surface area contributed by atoms with Crippen molar-refractivity contribution < 1.29 is 5.11 Å². The molecule has 5 nitrogen and oxygen atoms in total. The molecule has 0 bridgehead atoms. The third-order valence-electron chi connectivity index (χ3n) is 5.87. The van der Waals surface area contributed by atoms with Crippen molar-refractivity contribution in [3.8, 4) is 0 Å². The highest BCUT2D eigenvalue weighted by Gasteiger charge is 2.34. The SMILES string of the molecule is CCNC(=NCC(O)c1ccc(C(C)(C)C)cc1)NCC1CCN(C2CC2)C1.I. The lowest BCUT2D eigenvalue weighted by molar-refractivity contribution is 0.187. The molecule has 6 heteroatoms. The van der Waals surface area contributed by atoms with Gasteiger partial charge in [-0.2, -0.15) is 0 Å². The van der Waals surface area contributed by atoms with Gasteiger partial charge >= 0.3 is 0 Å². The van der Waals surface area contributed by atoms with Gasteiger partial charge in [-0.1, -0.05) is 45.0 Å². The van der Waals surface area contributed by atoms with Crippen LogP contribution in [0.4, 0.5) is 0 Å². The number of nitrogens with zero attached hydrogens (tertiary/aromatic N) is 2. The average Bonchev–Trinajstić information content (AvgIpc) is 3.41. The third kappa shape index (κ3) is 7.40. The topological polar surface area (TPSA) is 59.9 Å². The minimum Gasteiger partial charge on any atom is -0.386 e. The maximum atomic E-state index is 10.5. The molecule has 29 heavy (non-hydrogen) atoms. The minimum atomic E-state index is -0.582. The number of aliphatic hydroxyl groups is 1. The number of hydrogen-bond acceptors (Lipinski definition) is 3. The Kier molecular flexibility index (Phi) is 9.22. The standard InChI is InChI=1S/C23H38N4O.HI/c1-5-24-22(25-14-17-12-13-27(16-17)20-10-11-20)26-15-21(28)18-6-8-19(9-7-18)23(2,3)4;/h6-9,17,20-21,28H,5,10-16H2,1-4H3,(H2,24,25,26);1H. The van der Waals surface area contributed by atoms with Crippen LogP contribution in [-0.2, 0) is 5.41 Å². The molecule has 2 fully saturated rings. The molecule has 1 aromatic rings. The Morgan fingerprint density at radius 2 is 1.86 bits per heavy atom. The summed E-state index contributed by atoms with van der Waals surface area (Å²) in [6, 6.07) is 9.12. The Hall–Kier alpha value is -0.860. The highest BCUT2D eigenvalue weighted by atomic mass is 127. The maximum Gasteiger partial charge on any atom is 0.191 e. The monoisotopic (exact) mass is 514 g/mol. The summed E-state index contributed by atoms with van der Waals surface area (Å²) in [5, 5.41) is 17.3. The molecule has 1 aromatic carbocycles. The number of halogens is 1. The normalized spacial score (nSPS) is 21.6. The number of aliphatic hydroxyl groups excluding tert-OH is 1. The lowest BCUT2D eigenvalue weighted by atomic mass is 9.86. The molecule has 1 aliphatic heterocycles. The molecule has 2 aliphatic rings. The van der Waals surface area contributed by atoms with Crippen LogP contribution in [0, 0.1) is 5.92 Å². The summed E-state index contributed by atoms with van der Waals surface area (Å²) in [7, 11) is 0. The Morgan fingerprint density at radius 1 is 1.17 bits per heavy atom. The van der Waals surface area contributed by atoms with Crippen LogP contribution in [-0.4, -0.2) is 54.7 Å². The Labute approximate surface area is 193 Å². The minimum absolute atomic E-state index is 0. The Morgan fingerprint density at radius 3 is 2.45 bits per heavy atom. The van der Waals surface area contributed by atoms with Gasteiger partial charge in [-0.15, -0.1) is 24.0 Å². The van der Waals surface area contributed by atoms with E-state index in [1.165, 1.54) is 37.9 Å². The number of nitrogens with one attached hydrogen (secondary N) is 2. The summed E-state index contributed by atoms with van der Waals surface area (Å²) in [5.74, 6) is 1.50. The summed E-state index contributed by atoms with van der Waals surface area (Å²) in [4.78, 5) is 7.26. The average molecular weight is 514 g/mol. The number of rotatable bonds is 7. The van der Waals surface area contributed by atoms with Crippen molar-refractivity contribution in [1.82, 2.24) is 15.5 Å². The molecule has 0 amide bonds. The predicted molar refractivity (Wildman–Crippen MR) is 132 cm³/mol. The van der Waals surface area contributed by atoms with Crippen LogP contribution in [0.2, 0.25) is 0 Å². The van der Waals surface area contributed by atoms with E-state index >= 15 is 0 Å². The van der Waals surface area contributed by atoms with Crippen molar-refractivity contribution in [3.63, 3.8) is 0 Å². The summed E-state index contributed by atoms with van der Waals surface area (Å²) in [5.41, 5.74) is 2.32. The summed E-state index contributed by atoms with van der Waals surface area (Å²) >= 11 is 0. The van der Waals surface area contributed by atoms with Gasteiger partial charge in [-0.25, -0.2) is 0 Å². The van der Waals surface area contributed by atoms with E-state index in [0.29, 0.717) is 12.5 Å². The van der Waals surface area contributed by atoms with Crippen molar-refractivity contribution in [1.29, 1.82) is 0 Å². The van der Waals surface area contributed by atoms with Crippen LogP contribution in [0.15, 0.2) is 29.3 Å². The molecule has 2 unspecified atom stereocenters. The first-order valence-corrected chi connectivity index (χ1v) is 10.9. The third-order valence-corrected chi connectivity index (χ3v) is 5.87. The number of likely N-dealkylation sites (tertiary alicyclic amines) is 1. The summed E-state index contributed by atoms with van der Waals surface area (Å²) < 4.78 is 0. The largest absolute Gasteiger partial charge is 0.386 e. The van der Waals surface area contributed by atoms with Crippen LogP contribution in [0.5, 0.6) is 0 Å². The highest BCUT2D eigenvalue weighted by molar-refractivity contribution is 14.0. The van der Waals surface area contributed by atoms with Gasteiger partial charge in [0.2, 0.25) is 0 Å². The molecular formula is C23H39IN4O. The van der Waals surface area contributed by atoms with E-state index in [1.54, 1.807) is 0 Å². The summed E-state index contributed by atoms with van der Waals surface area (Å²) in [6.07, 6.45) is 3.46. The van der Waals surface area contributed by atoms with Crippen LogP contribution in [0.3, 0.4) is 0 Å². The molecule has 0 spiro atoms. The van der Waals surface area contributed by atoms with Crippen LogP contribution < -0.4 is 10.6 Å². The molecular weight excluding hydrogens is 475 g/mol. The fourth-order valence-corrected chi connectivity index (χ4v) is 3.87. The Bertz CT molecular complexity index is 652. The molecule has 0 radical (unpaired) electrons. The Balaban J connectivity index is 0.00000300. The highest BCUT2D eigenvalue weighted by Crippen LogP contribution is 2.31. The number of hydrogen-bond donors (Lipinski definition) is 3. The fourth-order valence-electron chi connectivity index (χ4n) is 3.87. The quantitative estimate of drug-likeness (QED) is 0.295. The second-order valence-corrected chi connectivity index (χ2v) is 9.37. The van der Waals surface area contributed by atoms with Gasteiger partial charge in [0.25, 0.3) is 0 Å². The van der Waals surface area contributed by atoms with E-state index in [2.05, 4.69) is 60.4 Å². The van der Waals surface area contributed by atoms with Gasteiger partial charge in [-0.05, 0) is 55.2 Å². The van der Waals surface area contributed by atoms with Crippen LogP contribution in [0.1, 0.15) is 64.2 Å². The predicted octanol–water partition coefficient (Wildman–Crippen LogP) is 3.67. The van der Waals surface area contributed by atoms with E-state index in [9.17, 15) is 5.11 Å². The second kappa shape index (κ2) is 11.0. The smallest absolute Gasteiger partial charge is 0.191 e. The van der Waals surface area contributed by atoms with Crippen molar-refractivity contribution in [3.05, 3.63) is 35.4 Å². The van der Waals surface area contributed by atoms with E-state index in [4.69, 9.17) is 0 Å². The molecule has 164 valence electrons. The first kappa shape index (κ1) is 24.4. The zero-order chi connectivity index (χ0) is 20.1. The van der Waals surface area contributed by atoms with Gasteiger partial charge in [0.05, 0.1) is 12.6 Å². The second-order valence-electron chi connectivity index (χ2n) is 9.37. The lowest BCUT2D eigenvalue weighted by Crippen LogP contribution is -2.40. The molecule has 1 aliphatic carbocycles. The van der Waals surface area contributed by atoms with Crippen molar-refractivity contribution in [2.45, 2.75) is 64.5 Å². The van der Waals surface area contributed by atoms with Gasteiger partial charge in [-0.3, -0.25) is 4.99 Å². The zero-order valence-electron chi connectivity index (χ0n) is 18.4. The maximum absolute atomic E-state index is 10.5. The van der Waals surface area contributed by atoms with Crippen molar-refractivity contribution >= 4 is 29.9 Å². The van der Waals surface area contributed by atoms with Gasteiger partial charge in [0.15, 0.2) is 5.96 Å². The van der Waals surface area contributed by atoms with E-state index < -0.39 is 6.10 Å². The molecule has 3 N–H and O–H groups in total. The van der Waals surface area contributed by atoms with E-state index in [-0.39, 0.29) is 29.4 Å². The van der Waals surface area contributed by atoms with E-state index in [1.807, 2.05) is 12.1 Å². The summed E-state index contributed by atoms with van der Waals surface area (Å²) in [6.45, 7) is 13.3. The molecule has 0 aromatic heterocycles. The molecule has 1 saturated heterocycles. The molecule has 1 heterocycles. The molecule has 3 rings (SSSR count). The van der Waals surface area contributed by atoms with Gasteiger partial charge in [0.1, 0.15) is 0 Å². The molecule has 1 saturated carbocycles. The van der Waals surface area contributed by atoms with Gasteiger partial charge in [0, 0.05) is 25.7 Å². The lowest BCUT2D eigenvalue weighted by Gasteiger charge is -2.20. The van der Waals surface area contributed by atoms with Crippen molar-refractivity contribution in [2.75, 3.05) is 32.7 Å². The van der Waals surface area contributed by atoms with Crippen LogP contribution >= 0.6 is 24.0 Å². The number of aliphatic imine (C=N–C) groups is 1. The van der Waals surface area contributed by atoms with Crippen molar-refractivity contribution in [2.24, 2.45) is 10.9 Å². The number of guanidine groups is 1. The van der Waals surface area contributed by atoms with Gasteiger partial charge < -0.3 is 20.6 Å². The van der Waals surface area contributed by atoms with Crippen LogP contribution in [0.25, 0.3) is 0 Å². The molecule has 2 atom stereocenters. The zero-order valence-corrected chi connectivity index (χ0v) is 20.8.